The minimum absolute atomic E-state index is 0.809. The summed E-state index contributed by atoms with van der Waals surface area (Å²) >= 11 is 0. The first-order valence-corrected chi connectivity index (χ1v) is 4.80. The molecule has 0 unspecified atom stereocenters. The SMILES string of the molecule is C=CC(=C)N1CCCC[C@@H](C)C1. The van der Waals surface area contributed by atoms with Crippen LogP contribution in [0.15, 0.2) is 24.9 Å². The van der Waals surface area contributed by atoms with Gasteiger partial charge < -0.3 is 4.90 Å². The van der Waals surface area contributed by atoms with Crippen LogP contribution in [0.1, 0.15) is 26.2 Å². The molecule has 0 N–H and O–H groups in total. The van der Waals surface area contributed by atoms with E-state index < -0.39 is 0 Å². The number of hydrogen-bond donors (Lipinski definition) is 0. The molecule has 1 rings (SSSR count). The van der Waals surface area contributed by atoms with Gasteiger partial charge in [0.1, 0.15) is 0 Å². The standard InChI is InChI=1S/C11H19N/c1-4-11(3)12-8-6-5-7-10(2)9-12/h4,10H,1,3,5-9H2,2H3/t10-/m1/s1. The molecule has 1 atom stereocenters. The van der Waals surface area contributed by atoms with Crippen LogP contribution in [0.25, 0.3) is 0 Å². The van der Waals surface area contributed by atoms with Gasteiger partial charge in [0.15, 0.2) is 0 Å². The zero-order valence-electron chi connectivity index (χ0n) is 8.05. The van der Waals surface area contributed by atoms with Crippen molar-refractivity contribution in [3.63, 3.8) is 0 Å². The highest BCUT2D eigenvalue weighted by Crippen LogP contribution is 2.18. The minimum atomic E-state index is 0.809. The Labute approximate surface area is 75.8 Å². The molecule has 0 radical (unpaired) electrons. The molecule has 0 aromatic rings. The summed E-state index contributed by atoms with van der Waals surface area (Å²) in [5.74, 6) is 0.809. The molecule has 12 heavy (non-hydrogen) atoms. The molecule has 0 saturated carbocycles. The normalized spacial score (nSPS) is 24.8. The first kappa shape index (κ1) is 9.37. The molecule has 0 aliphatic carbocycles. The first-order chi connectivity index (χ1) is 5.74. The van der Waals surface area contributed by atoms with Gasteiger partial charge in [0.05, 0.1) is 0 Å². The van der Waals surface area contributed by atoms with Gasteiger partial charge in [-0.1, -0.05) is 26.5 Å². The molecule has 0 aromatic heterocycles. The quantitative estimate of drug-likeness (QED) is 0.569. The van der Waals surface area contributed by atoms with E-state index in [4.69, 9.17) is 0 Å². The van der Waals surface area contributed by atoms with Crippen molar-refractivity contribution >= 4 is 0 Å². The summed E-state index contributed by atoms with van der Waals surface area (Å²) in [6.07, 6.45) is 5.89. The second kappa shape index (κ2) is 4.34. The predicted molar refractivity (Wildman–Crippen MR) is 53.9 cm³/mol. The fourth-order valence-electron chi connectivity index (χ4n) is 1.74. The summed E-state index contributed by atoms with van der Waals surface area (Å²) in [5, 5.41) is 0. The third kappa shape index (κ3) is 2.40. The molecular formula is C11H19N. The van der Waals surface area contributed by atoms with Gasteiger partial charge in [-0.05, 0) is 24.8 Å². The van der Waals surface area contributed by atoms with Crippen LogP contribution < -0.4 is 0 Å². The molecule has 0 aromatic carbocycles. The van der Waals surface area contributed by atoms with E-state index in [1.807, 2.05) is 6.08 Å². The molecule has 0 spiro atoms. The largest absolute Gasteiger partial charge is 0.372 e. The van der Waals surface area contributed by atoms with Crippen molar-refractivity contribution in [2.75, 3.05) is 13.1 Å². The van der Waals surface area contributed by atoms with Crippen LogP contribution in [0.4, 0.5) is 0 Å². The maximum absolute atomic E-state index is 3.98. The van der Waals surface area contributed by atoms with Crippen molar-refractivity contribution in [1.82, 2.24) is 4.90 Å². The van der Waals surface area contributed by atoms with Gasteiger partial charge in [0.2, 0.25) is 0 Å². The van der Waals surface area contributed by atoms with Gasteiger partial charge in [0.25, 0.3) is 0 Å². The minimum Gasteiger partial charge on any atom is -0.372 e. The highest BCUT2D eigenvalue weighted by molar-refractivity contribution is 5.10. The molecule has 0 bridgehead atoms. The third-order valence-electron chi connectivity index (χ3n) is 2.55. The number of hydrogen-bond acceptors (Lipinski definition) is 1. The van der Waals surface area contributed by atoms with Crippen LogP contribution in [0.5, 0.6) is 0 Å². The fraction of sp³-hybridized carbons (Fsp3) is 0.636. The summed E-state index contributed by atoms with van der Waals surface area (Å²) in [4.78, 5) is 2.35. The zero-order chi connectivity index (χ0) is 8.97. The second-order valence-electron chi connectivity index (χ2n) is 3.74. The molecule has 1 saturated heterocycles. The fourth-order valence-corrected chi connectivity index (χ4v) is 1.74. The van der Waals surface area contributed by atoms with Gasteiger partial charge in [-0.15, -0.1) is 0 Å². The number of rotatable bonds is 2. The van der Waals surface area contributed by atoms with Gasteiger partial charge in [0, 0.05) is 18.8 Å². The van der Waals surface area contributed by atoms with E-state index in [1.54, 1.807) is 0 Å². The van der Waals surface area contributed by atoms with Crippen LogP contribution in [0, 0.1) is 5.92 Å². The Morgan fingerprint density at radius 1 is 1.50 bits per heavy atom. The van der Waals surface area contributed by atoms with Crippen LogP contribution >= 0.6 is 0 Å². The highest BCUT2D eigenvalue weighted by Gasteiger charge is 2.13. The smallest absolute Gasteiger partial charge is 0.0287 e. The lowest BCUT2D eigenvalue weighted by Crippen LogP contribution is -2.25. The molecule has 0 amide bonds. The Hall–Kier alpha value is -0.720. The van der Waals surface area contributed by atoms with E-state index in [-0.39, 0.29) is 0 Å². The average molecular weight is 165 g/mol. The Kier molecular flexibility index (Phi) is 3.39. The Morgan fingerprint density at radius 3 is 2.92 bits per heavy atom. The molecule has 1 aliphatic heterocycles. The molecule has 1 nitrogen and oxygen atoms in total. The summed E-state index contributed by atoms with van der Waals surface area (Å²) < 4.78 is 0. The summed E-state index contributed by atoms with van der Waals surface area (Å²) in [5.41, 5.74) is 1.09. The van der Waals surface area contributed by atoms with Crippen molar-refractivity contribution in [3.8, 4) is 0 Å². The zero-order valence-corrected chi connectivity index (χ0v) is 8.05. The van der Waals surface area contributed by atoms with E-state index in [0.717, 1.165) is 24.7 Å². The number of likely N-dealkylation sites (tertiary alicyclic amines) is 1. The summed E-state index contributed by atoms with van der Waals surface area (Å²) in [7, 11) is 0. The lowest BCUT2D eigenvalue weighted by Gasteiger charge is -2.24. The molecule has 68 valence electrons. The van der Waals surface area contributed by atoms with Crippen LogP contribution in [-0.2, 0) is 0 Å². The average Bonchev–Trinajstić information content (AvgIpc) is 2.28. The monoisotopic (exact) mass is 165 g/mol. The van der Waals surface area contributed by atoms with Gasteiger partial charge in [-0.25, -0.2) is 0 Å². The van der Waals surface area contributed by atoms with Gasteiger partial charge in [-0.2, -0.15) is 0 Å². The first-order valence-electron chi connectivity index (χ1n) is 4.80. The molecule has 1 heterocycles. The maximum Gasteiger partial charge on any atom is 0.0287 e. The van der Waals surface area contributed by atoms with Gasteiger partial charge >= 0.3 is 0 Å². The number of nitrogens with zero attached hydrogens (tertiary/aromatic N) is 1. The van der Waals surface area contributed by atoms with Crippen molar-refractivity contribution in [2.24, 2.45) is 5.92 Å². The third-order valence-corrected chi connectivity index (χ3v) is 2.55. The molecular weight excluding hydrogens is 146 g/mol. The Morgan fingerprint density at radius 2 is 2.25 bits per heavy atom. The highest BCUT2D eigenvalue weighted by atomic mass is 15.1. The van der Waals surface area contributed by atoms with Crippen LogP contribution in [0.3, 0.4) is 0 Å². The van der Waals surface area contributed by atoms with Crippen molar-refractivity contribution < 1.29 is 0 Å². The molecule has 1 aliphatic rings. The maximum atomic E-state index is 3.98. The summed E-state index contributed by atoms with van der Waals surface area (Å²) in [6, 6.07) is 0. The predicted octanol–water partition coefficient (Wildman–Crippen LogP) is 2.81. The van der Waals surface area contributed by atoms with Gasteiger partial charge in [-0.3, -0.25) is 0 Å². The van der Waals surface area contributed by atoms with Crippen molar-refractivity contribution in [1.29, 1.82) is 0 Å². The van der Waals surface area contributed by atoms with E-state index in [0.29, 0.717) is 0 Å². The van der Waals surface area contributed by atoms with Crippen molar-refractivity contribution in [3.05, 3.63) is 24.9 Å². The van der Waals surface area contributed by atoms with E-state index in [1.165, 1.54) is 19.3 Å². The Bertz CT molecular complexity index is 172. The number of allylic oxidation sites excluding steroid dienone is 1. The van der Waals surface area contributed by atoms with Crippen LogP contribution in [-0.4, -0.2) is 18.0 Å². The van der Waals surface area contributed by atoms with E-state index >= 15 is 0 Å². The van der Waals surface area contributed by atoms with E-state index in [9.17, 15) is 0 Å². The van der Waals surface area contributed by atoms with E-state index in [2.05, 4.69) is 25.0 Å². The lowest BCUT2D eigenvalue weighted by molar-refractivity contribution is 0.329. The van der Waals surface area contributed by atoms with Crippen LogP contribution in [0.2, 0.25) is 0 Å². The Balaban J connectivity index is 2.51. The topological polar surface area (TPSA) is 3.24 Å². The molecule has 1 heteroatoms. The summed E-state index contributed by atoms with van der Waals surface area (Å²) in [6.45, 7) is 12.4. The second-order valence-corrected chi connectivity index (χ2v) is 3.74. The lowest BCUT2D eigenvalue weighted by atomic mass is 10.1. The van der Waals surface area contributed by atoms with Crippen molar-refractivity contribution in [2.45, 2.75) is 26.2 Å². The molecule has 1 fully saturated rings.